The van der Waals surface area contributed by atoms with Gasteiger partial charge in [0, 0.05) is 32.1 Å². The number of hydrogen-bond donors (Lipinski definition) is 1. The summed E-state index contributed by atoms with van der Waals surface area (Å²) in [6.07, 6.45) is -0.202. The number of nitrogens with two attached hydrogens (primary N) is 1. The number of carbonyl (C=O) groups is 2. The molecule has 0 saturated carbocycles. The van der Waals surface area contributed by atoms with Crippen molar-refractivity contribution in [2.24, 2.45) is 5.73 Å². The highest BCUT2D eigenvalue weighted by Gasteiger charge is 2.34. The van der Waals surface area contributed by atoms with E-state index in [4.69, 9.17) is 5.73 Å². The van der Waals surface area contributed by atoms with Gasteiger partial charge in [0.05, 0.1) is 10.6 Å². The Labute approximate surface area is 152 Å². The van der Waals surface area contributed by atoms with Crippen molar-refractivity contribution >= 4 is 21.7 Å². The van der Waals surface area contributed by atoms with Gasteiger partial charge in [0.25, 0.3) is 0 Å². The lowest BCUT2D eigenvalue weighted by atomic mass is 10.1. The van der Waals surface area contributed by atoms with Gasteiger partial charge in [-0.15, -0.1) is 0 Å². The number of nitrogens with zero attached hydrogens (tertiary/aromatic N) is 2. The minimum Gasteiger partial charge on any atom is -0.368 e. The van der Waals surface area contributed by atoms with Crippen LogP contribution in [0.1, 0.15) is 20.3 Å². The minimum atomic E-state index is -3.68. The summed E-state index contributed by atoms with van der Waals surface area (Å²) < 4.78 is 37.5. The molecular weight excluding hydrogens is 361 g/mol. The van der Waals surface area contributed by atoms with E-state index in [2.05, 4.69) is 0 Å². The van der Waals surface area contributed by atoms with Gasteiger partial charge in [0.15, 0.2) is 9.84 Å². The summed E-state index contributed by atoms with van der Waals surface area (Å²) in [7, 11) is -3.68. The average molecular weight is 385 g/mol. The molecule has 1 aliphatic rings. The lowest BCUT2D eigenvalue weighted by Gasteiger charge is -2.42. The molecule has 0 bridgehead atoms. The van der Waals surface area contributed by atoms with Gasteiger partial charge in [0.2, 0.25) is 11.8 Å². The quantitative estimate of drug-likeness (QED) is 0.714. The molecule has 0 aromatic heterocycles. The first-order valence-electron chi connectivity index (χ1n) is 8.43. The van der Waals surface area contributed by atoms with Gasteiger partial charge in [-0.1, -0.05) is 0 Å². The number of primary amides is 1. The fraction of sp³-hybridized carbons (Fsp3) is 0.529. The Kier molecular flexibility index (Phi) is 6.35. The predicted octanol–water partition coefficient (Wildman–Crippen LogP) is 0.396. The number of hydrogen-bond acceptors (Lipinski definition) is 5. The maximum Gasteiger partial charge on any atom is 0.236 e. The zero-order chi connectivity index (χ0) is 19.5. The Bertz CT molecular complexity index is 765. The Morgan fingerprint density at radius 3 is 2.38 bits per heavy atom. The van der Waals surface area contributed by atoms with Crippen molar-refractivity contribution in [1.29, 1.82) is 0 Å². The van der Waals surface area contributed by atoms with E-state index in [0.29, 0.717) is 13.1 Å². The van der Waals surface area contributed by atoms with Gasteiger partial charge in [-0.25, -0.2) is 12.8 Å². The molecule has 2 amide bonds. The predicted molar refractivity (Wildman–Crippen MR) is 94.5 cm³/mol. The largest absolute Gasteiger partial charge is 0.368 e. The molecule has 0 radical (unpaired) electrons. The van der Waals surface area contributed by atoms with Crippen LogP contribution in [0.2, 0.25) is 0 Å². The van der Waals surface area contributed by atoms with E-state index in [-0.39, 0.29) is 35.6 Å². The van der Waals surface area contributed by atoms with Crippen LogP contribution in [0.4, 0.5) is 4.39 Å². The third-order valence-electron chi connectivity index (χ3n) is 4.52. The maximum absolute atomic E-state index is 12.9. The standard InChI is InChI=1S/C17H24FN3O4S/c1-12(2)21-9-8-20(11-15(21)17(19)23)16(22)7-10-26(24,25)14-5-3-13(18)4-6-14/h3-6,12,15H,7-11H2,1-2H3,(H2,19,23)/t15-/m0/s1. The smallest absolute Gasteiger partial charge is 0.236 e. The van der Waals surface area contributed by atoms with Gasteiger partial charge in [-0.3, -0.25) is 14.5 Å². The third-order valence-corrected chi connectivity index (χ3v) is 6.26. The molecule has 1 saturated heterocycles. The molecule has 1 atom stereocenters. The second kappa shape index (κ2) is 8.13. The van der Waals surface area contributed by atoms with Crippen molar-refractivity contribution in [1.82, 2.24) is 9.80 Å². The van der Waals surface area contributed by atoms with Crippen LogP contribution < -0.4 is 5.73 Å². The van der Waals surface area contributed by atoms with Crippen molar-refractivity contribution in [2.75, 3.05) is 25.4 Å². The highest BCUT2D eigenvalue weighted by Crippen LogP contribution is 2.16. The van der Waals surface area contributed by atoms with Crippen molar-refractivity contribution < 1.29 is 22.4 Å². The first kappa shape index (κ1) is 20.3. The van der Waals surface area contributed by atoms with Crippen molar-refractivity contribution in [3.63, 3.8) is 0 Å². The van der Waals surface area contributed by atoms with Crippen molar-refractivity contribution in [3.8, 4) is 0 Å². The van der Waals surface area contributed by atoms with Crippen LogP contribution in [0.5, 0.6) is 0 Å². The first-order valence-corrected chi connectivity index (χ1v) is 10.1. The van der Waals surface area contributed by atoms with Gasteiger partial charge >= 0.3 is 0 Å². The fourth-order valence-corrected chi connectivity index (χ4v) is 4.26. The Balaban J connectivity index is 1.99. The van der Waals surface area contributed by atoms with E-state index in [9.17, 15) is 22.4 Å². The number of rotatable bonds is 6. The van der Waals surface area contributed by atoms with Crippen LogP contribution in [-0.2, 0) is 19.4 Å². The Hall–Kier alpha value is -2.00. The van der Waals surface area contributed by atoms with Crippen LogP contribution in [-0.4, -0.2) is 67.5 Å². The van der Waals surface area contributed by atoms with Gasteiger partial charge in [-0.05, 0) is 38.1 Å². The summed E-state index contributed by atoms with van der Waals surface area (Å²) in [5.41, 5.74) is 5.44. The summed E-state index contributed by atoms with van der Waals surface area (Å²) in [4.78, 5) is 27.5. The lowest BCUT2D eigenvalue weighted by molar-refractivity contribution is -0.137. The molecule has 26 heavy (non-hydrogen) atoms. The van der Waals surface area contributed by atoms with Gasteiger partial charge in [-0.2, -0.15) is 0 Å². The molecule has 0 aliphatic carbocycles. The van der Waals surface area contributed by atoms with Crippen molar-refractivity contribution in [3.05, 3.63) is 30.1 Å². The molecule has 1 fully saturated rings. The monoisotopic (exact) mass is 385 g/mol. The second-order valence-corrected chi connectivity index (χ2v) is 8.72. The summed E-state index contributed by atoms with van der Waals surface area (Å²) in [6.45, 7) is 4.97. The molecule has 2 N–H and O–H groups in total. The molecule has 1 aromatic carbocycles. The number of sulfone groups is 1. The summed E-state index contributed by atoms with van der Waals surface area (Å²) in [5.74, 6) is -1.75. The van der Waals surface area contributed by atoms with E-state index in [1.54, 1.807) is 0 Å². The molecule has 0 spiro atoms. The number of carbonyl (C=O) groups excluding carboxylic acids is 2. The van der Waals surface area contributed by atoms with Crippen LogP contribution in [0, 0.1) is 5.82 Å². The van der Waals surface area contributed by atoms with E-state index < -0.39 is 27.6 Å². The maximum atomic E-state index is 12.9. The van der Waals surface area contributed by atoms with Crippen molar-refractivity contribution in [2.45, 2.75) is 37.2 Å². The first-order chi connectivity index (χ1) is 12.1. The summed E-state index contributed by atoms with van der Waals surface area (Å²) >= 11 is 0. The molecule has 2 rings (SSSR count). The Morgan fingerprint density at radius 2 is 1.85 bits per heavy atom. The van der Waals surface area contributed by atoms with E-state index in [1.165, 1.54) is 17.0 Å². The SMILES string of the molecule is CC(C)N1CCN(C(=O)CCS(=O)(=O)c2ccc(F)cc2)C[C@H]1C(N)=O. The summed E-state index contributed by atoms with van der Waals surface area (Å²) in [5, 5.41) is 0. The normalized spacial score (nSPS) is 18.9. The lowest BCUT2D eigenvalue weighted by Crippen LogP contribution is -2.61. The van der Waals surface area contributed by atoms with Crippen LogP contribution in [0.3, 0.4) is 0 Å². The highest BCUT2D eigenvalue weighted by molar-refractivity contribution is 7.91. The van der Waals surface area contributed by atoms with Gasteiger partial charge < -0.3 is 10.6 Å². The zero-order valence-electron chi connectivity index (χ0n) is 14.9. The average Bonchev–Trinajstić information content (AvgIpc) is 2.59. The number of piperazine rings is 1. The topological polar surface area (TPSA) is 101 Å². The highest BCUT2D eigenvalue weighted by atomic mass is 32.2. The Morgan fingerprint density at radius 1 is 1.23 bits per heavy atom. The molecule has 144 valence electrons. The molecule has 1 heterocycles. The summed E-state index contributed by atoms with van der Waals surface area (Å²) in [6, 6.07) is 4.03. The molecule has 1 aliphatic heterocycles. The number of amides is 2. The van der Waals surface area contributed by atoms with E-state index in [0.717, 1.165) is 12.1 Å². The minimum absolute atomic E-state index is 0.0219. The van der Waals surface area contributed by atoms with E-state index in [1.807, 2.05) is 18.7 Å². The van der Waals surface area contributed by atoms with Crippen LogP contribution in [0.25, 0.3) is 0 Å². The zero-order valence-corrected chi connectivity index (χ0v) is 15.7. The molecule has 1 aromatic rings. The molecule has 0 unspecified atom stereocenters. The number of benzene rings is 1. The van der Waals surface area contributed by atoms with Gasteiger partial charge in [0.1, 0.15) is 11.9 Å². The van der Waals surface area contributed by atoms with E-state index >= 15 is 0 Å². The fourth-order valence-electron chi connectivity index (χ4n) is 3.03. The number of halogens is 1. The van der Waals surface area contributed by atoms with Crippen LogP contribution >= 0.6 is 0 Å². The second-order valence-electron chi connectivity index (χ2n) is 6.61. The molecular formula is C17H24FN3O4S. The molecule has 9 heteroatoms. The van der Waals surface area contributed by atoms with Crippen LogP contribution in [0.15, 0.2) is 29.2 Å². The molecule has 7 nitrogen and oxygen atoms in total. The third kappa shape index (κ3) is 4.79.